The van der Waals surface area contributed by atoms with Crippen LogP contribution >= 0.6 is 11.8 Å². The number of nitrogens with zero attached hydrogens (tertiary/aromatic N) is 2. The van der Waals surface area contributed by atoms with Crippen LogP contribution in [0.25, 0.3) is 0 Å². The minimum absolute atomic E-state index is 0.0728. The summed E-state index contributed by atoms with van der Waals surface area (Å²) in [4.78, 5) is 19.5. The molecular weight excluding hydrogens is 292 g/mol. The maximum Gasteiger partial charge on any atom is 0.238 e. The van der Waals surface area contributed by atoms with Crippen LogP contribution in [-0.2, 0) is 17.6 Å². The molecule has 22 heavy (non-hydrogen) atoms. The lowest BCUT2D eigenvalue weighted by molar-refractivity contribution is -0.115. The van der Waals surface area contributed by atoms with E-state index >= 15 is 0 Å². The lowest BCUT2D eigenvalue weighted by Crippen LogP contribution is -2.28. The van der Waals surface area contributed by atoms with Crippen molar-refractivity contribution >= 4 is 23.5 Å². The van der Waals surface area contributed by atoms with Crippen LogP contribution in [0.1, 0.15) is 23.2 Å². The summed E-state index contributed by atoms with van der Waals surface area (Å²) in [5.74, 6) is 1.22. The summed E-state index contributed by atoms with van der Waals surface area (Å²) in [5.41, 5.74) is 3.84. The Kier molecular flexibility index (Phi) is 4.48. The molecule has 0 fully saturated rings. The first-order chi connectivity index (χ1) is 10.6. The zero-order chi connectivity index (χ0) is 15.5. The zero-order valence-electron chi connectivity index (χ0n) is 13.0. The molecule has 1 amide bonds. The number of benzene rings is 1. The number of fused-ring (bicyclic) bond motifs is 1. The van der Waals surface area contributed by atoms with Gasteiger partial charge in [0.05, 0.1) is 5.75 Å². The predicted octanol–water partition coefficient (Wildman–Crippen LogP) is 3.63. The molecule has 1 aromatic carbocycles. The van der Waals surface area contributed by atoms with Crippen molar-refractivity contribution < 1.29 is 4.79 Å². The van der Waals surface area contributed by atoms with Crippen molar-refractivity contribution in [3.05, 3.63) is 53.2 Å². The molecule has 0 bridgehead atoms. The van der Waals surface area contributed by atoms with E-state index in [9.17, 15) is 4.79 Å². The predicted molar refractivity (Wildman–Crippen MR) is 91.6 cm³/mol. The third kappa shape index (κ3) is 3.33. The molecule has 1 aliphatic rings. The molecule has 1 aromatic heterocycles. The highest BCUT2D eigenvalue weighted by Crippen LogP contribution is 2.27. The summed E-state index contributed by atoms with van der Waals surface area (Å²) >= 11 is 1.60. The molecule has 4 heteroatoms. The van der Waals surface area contributed by atoms with Crippen molar-refractivity contribution in [1.82, 2.24) is 4.98 Å². The van der Waals surface area contributed by atoms with Gasteiger partial charge in [-0.15, -0.1) is 11.8 Å². The van der Waals surface area contributed by atoms with Crippen molar-refractivity contribution in [2.45, 2.75) is 31.1 Å². The Morgan fingerprint density at radius 2 is 2.05 bits per heavy atom. The van der Waals surface area contributed by atoms with E-state index in [-0.39, 0.29) is 5.91 Å². The monoisotopic (exact) mass is 312 g/mol. The van der Waals surface area contributed by atoms with Crippen molar-refractivity contribution in [1.29, 1.82) is 0 Å². The average molecular weight is 312 g/mol. The van der Waals surface area contributed by atoms with Gasteiger partial charge >= 0.3 is 0 Å². The fourth-order valence-corrected chi connectivity index (χ4v) is 3.60. The molecule has 0 unspecified atom stereocenters. The molecule has 0 radical (unpaired) electrons. The molecule has 0 atom stereocenters. The highest BCUT2D eigenvalue weighted by molar-refractivity contribution is 8.00. The van der Waals surface area contributed by atoms with E-state index in [1.165, 1.54) is 35.3 Å². The van der Waals surface area contributed by atoms with Gasteiger partial charge in [-0.2, -0.15) is 0 Å². The van der Waals surface area contributed by atoms with Crippen LogP contribution < -0.4 is 4.90 Å². The Balaban J connectivity index is 1.62. The van der Waals surface area contributed by atoms with Crippen LogP contribution in [0, 0.1) is 6.92 Å². The number of carbonyl (C=O) groups excluding carboxylic acids is 1. The third-order valence-corrected chi connectivity index (χ3v) is 5.00. The van der Waals surface area contributed by atoms with Gasteiger partial charge in [0.25, 0.3) is 0 Å². The molecule has 0 saturated heterocycles. The number of hydrogen-bond acceptors (Lipinski definition) is 3. The molecule has 0 aliphatic heterocycles. The minimum atomic E-state index is 0.0728. The van der Waals surface area contributed by atoms with E-state index in [2.05, 4.69) is 23.2 Å². The molecule has 1 heterocycles. The Labute approximate surface area is 135 Å². The molecule has 3 rings (SSSR count). The lowest BCUT2D eigenvalue weighted by atomic mass is 10.1. The molecule has 2 aromatic rings. The van der Waals surface area contributed by atoms with Crippen LogP contribution in [0.4, 0.5) is 5.82 Å². The summed E-state index contributed by atoms with van der Waals surface area (Å²) in [6.45, 7) is 1.93. The standard InChI is InChI=1S/C18H20N2OS/c1-13-5-3-8-17(19-13)20(2)18(21)12-22-16-10-9-14-6-4-7-15(14)11-16/h3,5,8-11H,4,6-7,12H2,1-2H3. The van der Waals surface area contributed by atoms with Gasteiger partial charge < -0.3 is 0 Å². The van der Waals surface area contributed by atoms with Gasteiger partial charge in [0.1, 0.15) is 5.82 Å². The molecule has 114 valence electrons. The molecule has 1 aliphatic carbocycles. The van der Waals surface area contributed by atoms with Crippen LogP contribution in [0.2, 0.25) is 0 Å². The first kappa shape index (κ1) is 15.1. The van der Waals surface area contributed by atoms with E-state index < -0.39 is 0 Å². The highest BCUT2D eigenvalue weighted by atomic mass is 32.2. The molecule has 0 N–H and O–H groups in total. The van der Waals surface area contributed by atoms with E-state index in [1.807, 2.05) is 25.1 Å². The Morgan fingerprint density at radius 1 is 1.23 bits per heavy atom. The number of hydrogen-bond donors (Lipinski definition) is 0. The van der Waals surface area contributed by atoms with Gasteiger partial charge in [0.15, 0.2) is 0 Å². The van der Waals surface area contributed by atoms with Crippen molar-refractivity contribution in [2.24, 2.45) is 0 Å². The van der Waals surface area contributed by atoms with Crippen LogP contribution in [-0.4, -0.2) is 23.7 Å². The summed E-state index contributed by atoms with van der Waals surface area (Å²) in [6, 6.07) is 12.3. The van der Waals surface area contributed by atoms with Gasteiger partial charge in [-0.3, -0.25) is 9.69 Å². The molecule has 0 spiro atoms. The fourth-order valence-electron chi connectivity index (χ4n) is 2.72. The van der Waals surface area contributed by atoms with Crippen LogP contribution in [0.3, 0.4) is 0 Å². The SMILES string of the molecule is Cc1cccc(N(C)C(=O)CSc2ccc3c(c2)CCC3)n1. The maximum atomic E-state index is 12.3. The number of aromatic nitrogens is 1. The van der Waals surface area contributed by atoms with E-state index in [1.54, 1.807) is 23.7 Å². The second-order valence-corrected chi connectivity index (χ2v) is 6.71. The Bertz CT molecular complexity index is 699. The van der Waals surface area contributed by atoms with E-state index in [4.69, 9.17) is 0 Å². The number of rotatable bonds is 4. The number of thioether (sulfide) groups is 1. The van der Waals surface area contributed by atoms with Crippen molar-refractivity contribution in [3.63, 3.8) is 0 Å². The topological polar surface area (TPSA) is 33.2 Å². The average Bonchev–Trinajstić information content (AvgIpc) is 2.99. The van der Waals surface area contributed by atoms with Crippen LogP contribution in [0.15, 0.2) is 41.3 Å². The van der Waals surface area contributed by atoms with Crippen LogP contribution in [0.5, 0.6) is 0 Å². The third-order valence-electron chi connectivity index (χ3n) is 4.02. The number of pyridine rings is 1. The molecule has 3 nitrogen and oxygen atoms in total. The Hall–Kier alpha value is -1.81. The lowest BCUT2D eigenvalue weighted by Gasteiger charge is -2.16. The van der Waals surface area contributed by atoms with Gasteiger partial charge in [0, 0.05) is 17.6 Å². The first-order valence-corrected chi connectivity index (χ1v) is 8.57. The fraction of sp³-hybridized carbons (Fsp3) is 0.333. The smallest absolute Gasteiger partial charge is 0.238 e. The Morgan fingerprint density at radius 3 is 2.86 bits per heavy atom. The number of amides is 1. The van der Waals surface area contributed by atoms with E-state index in [0.29, 0.717) is 11.6 Å². The van der Waals surface area contributed by atoms with Gasteiger partial charge in [-0.25, -0.2) is 4.98 Å². The van der Waals surface area contributed by atoms with E-state index in [0.717, 1.165) is 5.69 Å². The second-order valence-electron chi connectivity index (χ2n) is 5.66. The van der Waals surface area contributed by atoms with Gasteiger partial charge in [0.2, 0.25) is 5.91 Å². The molecular formula is C18H20N2OS. The number of carbonyl (C=O) groups is 1. The first-order valence-electron chi connectivity index (χ1n) is 7.58. The van der Waals surface area contributed by atoms with Gasteiger partial charge in [-0.05, 0) is 61.6 Å². The minimum Gasteiger partial charge on any atom is -0.299 e. The normalized spacial score (nSPS) is 13.0. The highest BCUT2D eigenvalue weighted by Gasteiger charge is 2.14. The van der Waals surface area contributed by atoms with Crippen molar-refractivity contribution in [2.75, 3.05) is 17.7 Å². The summed E-state index contributed by atoms with van der Waals surface area (Å²) < 4.78 is 0. The van der Waals surface area contributed by atoms with Crippen molar-refractivity contribution in [3.8, 4) is 0 Å². The summed E-state index contributed by atoms with van der Waals surface area (Å²) in [5, 5.41) is 0. The molecule has 0 saturated carbocycles. The quantitative estimate of drug-likeness (QED) is 0.808. The summed E-state index contributed by atoms with van der Waals surface area (Å²) in [7, 11) is 1.79. The largest absolute Gasteiger partial charge is 0.299 e. The second kappa shape index (κ2) is 6.53. The number of aryl methyl sites for hydroxylation is 3. The summed E-state index contributed by atoms with van der Waals surface area (Å²) in [6.07, 6.45) is 3.62. The number of anilines is 1. The van der Waals surface area contributed by atoms with Gasteiger partial charge in [-0.1, -0.05) is 12.1 Å². The zero-order valence-corrected chi connectivity index (χ0v) is 13.8. The maximum absolute atomic E-state index is 12.3.